The highest BCUT2D eigenvalue weighted by molar-refractivity contribution is 7.91. The minimum absolute atomic E-state index is 0.0490. The van der Waals surface area contributed by atoms with E-state index in [1.165, 1.54) is 48.3 Å². The van der Waals surface area contributed by atoms with Gasteiger partial charge in [0.25, 0.3) is 5.91 Å². The summed E-state index contributed by atoms with van der Waals surface area (Å²) < 4.78 is 138. The molecule has 21 nitrogen and oxygen atoms in total. The lowest BCUT2D eigenvalue weighted by Gasteiger charge is -2.36. The average molecular weight is 1280 g/mol. The van der Waals surface area contributed by atoms with Crippen molar-refractivity contribution in [3.63, 3.8) is 0 Å². The molecule has 2 aromatic carbocycles. The molecule has 87 heavy (non-hydrogen) atoms. The largest absolute Gasteiger partial charge is 0.479 e. The topological polar surface area (TPSA) is 302 Å². The number of alkyl halides is 6. The Morgan fingerprint density at radius 2 is 1.01 bits per heavy atom. The van der Waals surface area contributed by atoms with Crippen LogP contribution in [0.3, 0.4) is 0 Å². The number of benzene rings is 2. The van der Waals surface area contributed by atoms with Crippen LogP contribution in [0.15, 0.2) is 48.5 Å². The van der Waals surface area contributed by atoms with Crippen LogP contribution in [0.1, 0.15) is 145 Å². The van der Waals surface area contributed by atoms with Crippen LogP contribution in [-0.4, -0.2) is 152 Å². The van der Waals surface area contributed by atoms with Crippen LogP contribution in [0, 0.1) is 22.7 Å². The second kappa shape index (κ2) is 25.2. The summed E-state index contributed by atoms with van der Waals surface area (Å²) >= 11 is 0. The van der Waals surface area contributed by atoms with Crippen LogP contribution < -0.4 is 31.1 Å². The lowest BCUT2D eigenvalue weighted by atomic mass is 9.85. The van der Waals surface area contributed by atoms with E-state index in [-0.39, 0.29) is 55.6 Å². The highest BCUT2D eigenvalue weighted by Gasteiger charge is 2.64. The first-order chi connectivity index (χ1) is 39.9. The number of anilines is 2. The molecular formula is C58H84F6N8O13S2. The van der Waals surface area contributed by atoms with E-state index in [0.717, 1.165) is 37.1 Å². The smallest absolute Gasteiger partial charge is 0.416 e. The van der Waals surface area contributed by atoms with Gasteiger partial charge >= 0.3 is 18.3 Å². The second-order valence-electron chi connectivity index (χ2n) is 26.5. The van der Waals surface area contributed by atoms with Crippen LogP contribution in [-0.2, 0) is 70.6 Å². The number of nitrogens with one attached hydrogen (secondary N) is 5. The van der Waals surface area contributed by atoms with E-state index in [0.29, 0.717) is 32.1 Å². The molecule has 0 aromatic heterocycles. The SMILES string of the molecule is CC1(S(N)(=O)=O)CC1.CC[C@@H]1C[C@]1(NC(=O)[C@@H]1C[C@@H](OC)CN1C(=O)[C@@H](Nc1cccc(C(F)(F)F)c1)C(C)(C)C)C(=O)NS(=O)(=O)C1(C)CC1.CC[C@@H]1C[C@]1(NC(=O)[C@@H]1C[C@@H](OC)CN1C(=O)[C@@H](Nc1cccc(C(F)(F)F)c1)C(C)(C)C)C(=O)O. The number of hydrogen-bond acceptors (Lipinski definition) is 14. The number of carbonyl (C=O) groups excluding carboxylic acids is 5. The van der Waals surface area contributed by atoms with E-state index in [2.05, 4.69) is 26.0 Å². The molecule has 6 fully saturated rings. The molecule has 488 valence electrons. The maximum absolute atomic E-state index is 14.0. The summed E-state index contributed by atoms with van der Waals surface area (Å²) in [5.41, 5.74) is -5.79. The number of nitrogens with two attached hydrogens (primary N) is 1. The molecule has 0 unspecified atom stereocenters. The zero-order valence-electron chi connectivity index (χ0n) is 51.1. The van der Waals surface area contributed by atoms with E-state index in [9.17, 15) is 77.1 Å². The first-order valence-corrected chi connectivity index (χ1v) is 31.9. The van der Waals surface area contributed by atoms with Gasteiger partial charge in [0, 0.05) is 51.5 Å². The van der Waals surface area contributed by atoms with Gasteiger partial charge in [0.15, 0.2) is 0 Å². The highest BCUT2D eigenvalue weighted by atomic mass is 32.2. The van der Waals surface area contributed by atoms with Crippen LogP contribution in [0.4, 0.5) is 37.7 Å². The number of ether oxygens (including phenoxy) is 2. The van der Waals surface area contributed by atoms with Gasteiger partial charge in [-0.15, -0.1) is 0 Å². The van der Waals surface area contributed by atoms with Crippen molar-refractivity contribution in [3.8, 4) is 0 Å². The minimum Gasteiger partial charge on any atom is -0.479 e. The normalized spacial score (nSPS) is 26.9. The molecular weight excluding hydrogens is 1190 g/mol. The zero-order valence-corrected chi connectivity index (χ0v) is 52.8. The van der Waals surface area contributed by atoms with Crippen molar-refractivity contribution < 1.29 is 86.5 Å². The number of nitrogens with zero attached hydrogens (tertiary/aromatic N) is 2. The van der Waals surface area contributed by atoms with E-state index < -0.39 is 147 Å². The summed E-state index contributed by atoms with van der Waals surface area (Å²) in [5.74, 6) is -4.57. The van der Waals surface area contributed by atoms with Crippen LogP contribution >= 0.6 is 0 Å². The number of amides is 5. The molecule has 0 spiro atoms. The second-order valence-corrected chi connectivity index (χ2v) is 30.7. The van der Waals surface area contributed by atoms with Crippen molar-refractivity contribution in [1.82, 2.24) is 25.2 Å². The van der Waals surface area contributed by atoms with E-state index in [1.54, 1.807) is 55.4 Å². The molecule has 2 aliphatic heterocycles. The van der Waals surface area contributed by atoms with Gasteiger partial charge in [-0.25, -0.2) is 26.8 Å². The fourth-order valence-corrected chi connectivity index (χ4v) is 12.9. The number of methoxy groups -OCH3 is 2. The average Bonchev–Trinajstić information content (AvgIpc) is 1.60. The number of hydrogen-bond donors (Lipinski definition) is 7. The Labute approximate surface area is 504 Å². The zero-order chi connectivity index (χ0) is 65.6. The maximum Gasteiger partial charge on any atom is 0.416 e. The number of sulfonamides is 2. The van der Waals surface area contributed by atoms with Gasteiger partial charge in [-0.3, -0.25) is 28.7 Å². The number of carboxylic acid groups (broad SMARTS) is 1. The van der Waals surface area contributed by atoms with Crippen molar-refractivity contribution >= 4 is 66.9 Å². The molecule has 2 aromatic rings. The molecule has 8 rings (SSSR count). The number of carboxylic acids is 1. The fraction of sp³-hybridized carbons (Fsp3) is 0.690. The Bertz CT molecular complexity index is 3150. The monoisotopic (exact) mass is 1280 g/mol. The molecule has 0 radical (unpaired) electrons. The minimum atomic E-state index is -4.57. The summed E-state index contributed by atoms with van der Waals surface area (Å²) in [6, 6.07) is 5.13. The fourth-order valence-electron chi connectivity index (χ4n) is 10.9. The summed E-state index contributed by atoms with van der Waals surface area (Å²) in [5, 5.41) is 25.9. The first kappa shape index (κ1) is 70.3. The summed E-state index contributed by atoms with van der Waals surface area (Å²) in [7, 11) is -4.26. The van der Waals surface area contributed by atoms with Crippen LogP contribution in [0.2, 0.25) is 0 Å². The molecule has 4 saturated carbocycles. The molecule has 10 atom stereocenters. The molecule has 0 bridgehead atoms. The number of halogens is 6. The number of rotatable bonds is 19. The molecule has 5 amide bonds. The van der Waals surface area contributed by atoms with Gasteiger partial charge in [0.2, 0.25) is 43.7 Å². The number of carbonyl (C=O) groups is 6. The van der Waals surface area contributed by atoms with Crippen LogP contribution in [0.5, 0.6) is 0 Å². The van der Waals surface area contributed by atoms with Crippen molar-refractivity contribution in [1.29, 1.82) is 0 Å². The van der Waals surface area contributed by atoms with E-state index >= 15 is 0 Å². The lowest BCUT2D eigenvalue weighted by Crippen LogP contribution is -2.59. The Morgan fingerprint density at radius 3 is 1.30 bits per heavy atom. The van der Waals surface area contributed by atoms with Gasteiger partial charge in [0.1, 0.15) is 35.2 Å². The van der Waals surface area contributed by atoms with E-state index in [1.807, 2.05) is 13.8 Å². The van der Waals surface area contributed by atoms with Gasteiger partial charge in [-0.05, 0) is 111 Å². The number of primary sulfonamides is 1. The Balaban J connectivity index is 0.000000249. The molecule has 2 heterocycles. The molecule has 6 aliphatic rings. The van der Waals surface area contributed by atoms with Gasteiger partial charge in [-0.1, -0.05) is 80.4 Å². The van der Waals surface area contributed by atoms with Crippen molar-refractivity contribution in [2.45, 2.75) is 203 Å². The molecule has 4 aliphatic carbocycles. The summed E-state index contributed by atoms with van der Waals surface area (Å²) in [6.45, 7) is 17.6. The van der Waals surface area contributed by atoms with Gasteiger partial charge in [0.05, 0.1) is 32.8 Å². The maximum atomic E-state index is 14.0. The van der Waals surface area contributed by atoms with Crippen molar-refractivity contribution in [2.75, 3.05) is 37.9 Å². The predicted octanol–water partition coefficient (Wildman–Crippen LogP) is 6.78. The van der Waals surface area contributed by atoms with E-state index in [4.69, 9.17) is 14.6 Å². The third-order valence-corrected chi connectivity index (χ3v) is 21.7. The Kier molecular flexibility index (Phi) is 20.4. The van der Waals surface area contributed by atoms with Crippen molar-refractivity contribution in [3.05, 3.63) is 59.7 Å². The third-order valence-electron chi connectivity index (χ3n) is 17.7. The standard InChI is InChI=1S/C29H41F3N4O6S.C25H34F3N3O5.C4H9NO2S/c1-7-17-15-28(17,25(39)35-43(40,41)27(5)11-12-27)34-23(37)21-14-20(42-6)16-36(21)24(38)22(26(2,3)4)33-19-10-8-9-18(13-19)29(30,31)32;1-6-14-12-24(14,22(34)35)30-20(32)18-11-17(36-5)13-31(18)21(33)19(23(2,3)4)29-16-9-7-8-15(10-16)25(26,27)28;1-4(2-3-4)8(5,6)7/h8-10,13,17,20-22,33H,7,11-12,14-16H2,1-6H3,(H,34,37)(H,35,39);7-10,14,17-19,29H,6,11-13H2,1-5H3,(H,30,32)(H,34,35);2-3H2,1H3,(H2,5,6,7)/t17-,20-,21+,22-,28-;14-,17-,18+,19-,24-;/m11./s1. The Morgan fingerprint density at radius 1 is 0.644 bits per heavy atom. The van der Waals surface area contributed by atoms with Gasteiger partial charge < -0.3 is 45.6 Å². The van der Waals surface area contributed by atoms with Crippen molar-refractivity contribution in [2.24, 2.45) is 27.8 Å². The molecule has 2 saturated heterocycles. The number of aliphatic carboxylic acids is 1. The molecule has 8 N–H and O–H groups in total. The predicted molar refractivity (Wildman–Crippen MR) is 310 cm³/mol. The van der Waals surface area contributed by atoms with Crippen LogP contribution in [0.25, 0.3) is 0 Å². The van der Waals surface area contributed by atoms with Gasteiger partial charge in [-0.2, -0.15) is 26.3 Å². The highest BCUT2D eigenvalue weighted by Crippen LogP contribution is 2.49. The summed E-state index contributed by atoms with van der Waals surface area (Å²) in [6.07, 6.45) is -5.74. The lowest BCUT2D eigenvalue weighted by molar-refractivity contribution is -0.146. The number of likely N-dealkylation sites (tertiary alicyclic amines) is 2. The first-order valence-electron chi connectivity index (χ1n) is 28.9. The third kappa shape index (κ3) is 16.0. The molecule has 29 heteroatoms. The Hall–Kier alpha value is -5.78. The summed E-state index contributed by atoms with van der Waals surface area (Å²) in [4.78, 5) is 82.7. The quantitative estimate of drug-likeness (QED) is 0.0714.